The van der Waals surface area contributed by atoms with Crippen molar-refractivity contribution >= 4 is 5.91 Å². The zero-order valence-corrected chi connectivity index (χ0v) is 17.2. The summed E-state index contributed by atoms with van der Waals surface area (Å²) >= 11 is 0. The van der Waals surface area contributed by atoms with Crippen molar-refractivity contribution in [1.82, 2.24) is 19.6 Å². The molecule has 2 aliphatic rings. The number of hydrogen-bond acceptors (Lipinski definition) is 4. The molecule has 1 aromatic carbocycles. The number of carbonyl (C=O) groups excluding carboxylic acids is 1. The highest BCUT2D eigenvalue weighted by atomic mass is 16.5. The fraction of sp³-hybridized carbons (Fsp3) is 0.478. The number of aromatic nitrogens is 2. The maximum absolute atomic E-state index is 13.2. The van der Waals surface area contributed by atoms with Crippen molar-refractivity contribution in [2.24, 2.45) is 0 Å². The number of nitrogens with zero attached hydrogens (tertiary/aromatic N) is 4. The summed E-state index contributed by atoms with van der Waals surface area (Å²) in [5.41, 5.74) is 4.26. The van der Waals surface area contributed by atoms with Crippen molar-refractivity contribution in [1.29, 1.82) is 0 Å². The molecule has 1 aliphatic carbocycles. The van der Waals surface area contributed by atoms with E-state index in [1.807, 2.05) is 21.7 Å². The monoisotopic (exact) mass is 394 g/mol. The molecule has 0 bridgehead atoms. The number of fused-ring (bicyclic) bond motifs is 1. The third kappa shape index (κ3) is 4.28. The van der Waals surface area contributed by atoms with Crippen molar-refractivity contribution in [3.63, 3.8) is 0 Å². The molecule has 2 heterocycles. The predicted octanol–water partition coefficient (Wildman–Crippen LogP) is 2.53. The van der Waals surface area contributed by atoms with E-state index < -0.39 is 0 Å². The van der Waals surface area contributed by atoms with E-state index in [2.05, 4.69) is 42.8 Å². The van der Waals surface area contributed by atoms with Gasteiger partial charge in [0.15, 0.2) is 5.69 Å². The Morgan fingerprint density at radius 1 is 1.31 bits per heavy atom. The van der Waals surface area contributed by atoms with Crippen LogP contribution in [0.4, 0.5) is 0 Å². The number of morpholine rings is 1. The number of amides is 1. The third-order valence-electron chi connectivity index (χ3n) is 6.02. The van der Waals surface area contributed by atoms with E-state index in [1.165, 1.54) is 11.3 Å². The molecular formula is C23H30N4O2. The van der Waals surface area contributed by atoms with Crippen LogP contribution >= 0.6 is 0 Å². The second-order valence-electron chi connectivity index (χ2n) is 7.95. The Bertz CT molecular complexity index is 855. The number of allylic oxidation sites excluding steroid dienone is 1. The van der Waals surface area contributed by atoms with Crippen molar-refractivity contribution in [2.45, 2.75) is 38.4 Å². The number of rotatable bonds is 6. The molecule has 1 aliphatic heterocycles. The van der Waals surface area contributed by atoms with Crippen molar-refractivity contribution in [3.05, 3.63) is 65.5 Å². The second-order valence-corrected chi connectivity index (χ2v) is 7.95. The van der Waals surface area contributed by atoms with Crippen LogP contribution in [-0.2, 0) is 30.7 Å². The van der Waals surface area contributed by atoms with Crippen LogP contribution < -0.4 is 0 Å². The lowest BCUT2D eigenvalue weighted by Gasteiger charge is -2.32. The zero-order chi connectivity index (χ0) is 20.2. The standard InChI is InChI=1S/C23H30N4O2/c1-3-11-27-21-10-9-19(25(2)17-18-7-5-4-6-8-18)16-20(21)22(24-27)23(28)26-12-14-29-15-13-26/h3-8,19H,1,9-17H2,2H3. The fourth-order valence-electron chi connectivity index (χ4n) is 4.41. The molecule has 6 heteroatoms. The molecule has 1 fully saturated rings. The summed E-state index contributed by atoms with van der Waals surface area (Å²) in [5.74, 6) is 0.0405. The highest BCUT2D eigenvalue weighted by Crippen LogP contribution is 2.29. The maximum atomic E-state index is 13.2. The Morgan fingerprint density at radius 3 is 2.79 bits per heavy atom. The first-order chi connectivity index (χ1) is 14.2. The number of likely N-dealkylation sites (N-methyl/N-ethyl adjacent to an activating group) is 1. The van der Waals surface area contributed by atoms with Crippen molar-refractivity contribution in [3.8, 4) is 0 Å². The molecule has 1 amide bonds. The van der Waals surface area contributed by atoms with Crippen LogP contribution in [0.2, 0.25) is 0 Å². The highest BCUT2D eigenvalue weighted by molar-refractivity contribution is 5.94. The summed E-state index contributed by atoms with van der Waals surface area (Å²) < 4.78 is 7.38. The van der Waals surface area contributed by atoms with Gasteiger partial charge in [0.1, 0.15) is 0 Å². The number of carbonyl (C=O) groups is 1. The van der Waals surface area contributed by atoms with Crippen LogP contribution in [0.5, 0.6) is 0 Å². The largest absolute Gasteiger partial charge is 0.378 e. The first kappa shape index (κ1) is 19.9. The van der Waals surface area contributed by atoms with Crippen LogP contribution in [0.25, 0.3) is 0 Å². The first-order valence-corrected chi connectivity index (χ1v) is 10.5. The predicted molar refractivity (Wildman–Crippen MR) is 113 cm³/mol. The van der Waals surface area contributed by atoms with Crippen molar-refractivity contribution < 1.29 is 9.53 Å². The topological polar surface area (TPSA) is 50.6 Å². The van der Waals surface area contributed by atoms with E-state index in [9.17, 15) is 4.79 Å². The Hall–Kier alpha value is -2.44. The number of hydrogen-bond donors (Lipinski definition) is 0. The SMILES string of the molecule is C=CCn1nc(C(=O)N2CCOCC2)c2c1CCC(N(C)Cc1ccccc1)C2. The Kier molecular flexibility index (Phi) is 6.11. The summed E-state index contributed by atoms with van der Waals surface area (Å²) in [6, 6.07) is 11.0. The van der Waals surface area contributed by atoms with E-state index in [0.717, 1.165) is 31.4 Å². The molecule has 0 spiro atoms. The van der Waals surface area contributed by atoms with Crippen LogP contribution in [0, 0.1) is 0 Å². The molecule has 1 aromatic heterocycles. The lowest BCUT2D eigenvalue weighted by molar-refractivity contribution is 0.0297. The average Bonchev–Trinajstić information content (AvgIpc) is 3.12. The summed E-state index contributed by atoms with van der Waals surface area (Å²) in [6.45, 7) is 7.89. The van der Waals surface area contributed by atoms with Crippen LogP contribution in [0.15, 0.2) is 43.0 Å². The molecule has 4 rings (SSSR count). The highest BCUT2D eigenvalue weighted by Gasteiger charge is 2.32. The Morgan fingerprint density at radius 2 is 2.07 bits per heavy atom. The molecule has 29 heavy (non-hydrogen) atoms. The van der Waals surface area contributed by atoms with Gasteiger partial charge in [-0.15, -0.1) is 6.58 Å². The molecule has 1 atom stereocenters. The Balaban J connectivity index is 1.56. The van der Waals surface area contributed by atoms with Gasteiger partial charge in [-0.05, 0) is 31.9 Å². The van der Waals surface area contributed by atoms with Gasteiger partial charge in [0.2, 0.25) is 0 Å². The third-order valence-corrected chi connectivity index (χ3v) is 6.02. The van der Waals surface area contributed by atoms with Gasteiger partial charge in [0.05, 0.1) is 19.8 Å². The minimum Gasteiger partial charge on any atom is -0.378 e. The quantitative estimate of drug-likeness (QED) is 0.707. The average molecular weight is 395 g/mol. The van der Waals surface area contributed by atoms with Gasteiger partial charge in [-0.2, -0.15) is 5.10 Å². The van der Waals surface area contributed by atoms with Crippen molar-refractivity contribution in [2.75, 3.05) is 33.4 Å². The molecule has 6 nitrogen and oxygen atoms in total. The van der Waals surface area contributed by atoms with E-state index in [-0.39, 0.29) is 5.91 Å². The molecule has 0 N–H and O–H groups in total. The maximum Gasteiger partial charge on any atom is 0.274 e. The normalized spacial score (nSPS) is 19.2. The summed E-state index contributed by atoms with van der Waals surface area (Å²) in [4.78, 5) is 17.5. The fourth-order valence-corrected chi connectivity index (χ4v) is 4.41. The molecule has 0 radical (unpaired) electrons. The Labute approximate surface area is 172 Å². The zero-order valence-electron chi connectivity index (χ0n) is 17.2. The van der Waals surface area contributed by atoms with E-state index in [0.29, 0.717) is 44.6 Å². The minimum atomic E-state index is 0.0405. The van der Waals surface area contributed by atoms with Gasteiger partial charge in [0.25, 0.3) is 5.91 Å². The van der Waals surface area contributed by atoms with E-state index in [1.54, 1.807) is 0 Å². The molecule has 0 saturated carbocycles. The van der Waals surface area contributed by atoms with Crippen LogP contribution in [0.3, 0.4) is 0 Å². The molecule has 1 unspecified atom stereocenters. The van der Waals surface area contributed by atoms with Gasteiger partial charge in [0, 0.05) is 36.9 Å². The minimum absolute atomic E-state index is 0.0405. The molecule has 2 aromatic rings. The molecule has 1 saturated heterocycles. The number of ether oxygens (including phenoxy) is 1. The lowest BCUT2D eigenvalue weighted by Crippen LogP contribution is -2.42. The molecule has 154 valence electrons. The number of benzene rings is 1. The summed E-state index contributed by atoms with van der Waals surface area (Å²) in [5, 5.41) is 4.73. The van der Waals surface area contributed by atoms with Gasteiger partial charge in [-0.3, -0.25) is 14.4 Å². The second kappa shape index (κ2) is 8.93. The van der Waals surface area contributed by atoms with Crippen LogP contribution in [-0.4, -0.2) is 64.9 Å². The first-order valence-electron chi connectivity index (χ1n) is 10.5. The summed E-state index contributed by atoms with van der Waals surface area (Å²) in [6.07, 6.45) is 4.73. The lowest BCUT2D eigenvalue weighted by atomic mass is 9.90. The van der Waals surface area contributed by atoms with Gasteiger partial charge in [-0.25, -0.2) is 0 Å². The molecular weight excluding hydrogens is 364 g/mol. The van der Waals surface area contributed by atoms with Gasteiger partial charge < -0.3 is 9.64 Å². The van der Waals surface area contributed by atoms with E-state index >= 15 is 0 Å². The smallest absolute Gasteiger partial charge is 0.274 e. The van der Waals surface area contributed by atoms with Crippen LogP contribution in [0.1, 0.15) is 33.7 Å². The van der Waals surface area contributed by atoms with Gasteiger partial charge >= 0.3 is 0 Å². The summed E-state index contributed by atoms with van der Waals surface area (Å²) in [7, 11) is 2.18. The van der Waals surface area contributed by atoms with Gasteiger partial charge in [-0.1, -0.05) is 36.4 Å². The van der Waals surface area contributed by atoms with E-state index in [4.69, 9.17) is 9.84 Å².